The van der Waals surface area contributed by atoms with E-state index in [0.717, 1.165) is 61.2 Å². The molecule has 4 nitrogen and oxygen atoms in total. The minimum absolute atomic E-state index is 0.0594. The molecule has 0 atom stereocenters. The van der Waals surface area contributed by atoms with E-state index >= 15 is 0 Å². The number of fused-ring (bicyclic) bond motifs is 1. The number of piperidine rings is 1. The number of ether oxygens (including phenoxy) is 2. The molecular weight excluding hydrogens is 374 g/mol. The maximum atomic E-state index is 11.6. The van der Waals surface area contributed by atoms with Crippen LogP contribution in [0.15, 0.2) is 60.7 Å². The molecule has 4 rings (SSSR count). The fourth-order valence-corrected chi connectivity index (χ4v) is 3.99. The molecule has 1 heterocycles. The van der Waals surface area contributed by atoms with Gasteiger partial charge >= 0.3 is 0 Å². The summed E-state index contributed by atoms with van der Waals surface area (Å²) in [4.78, 5) is 2.38. The summed E-state index contributed by atoms with van der Waals surface area (Å²) in [5.74, 6) is 1.87. The molecule has 1 fully saturated rings. The maximum absolute atomic E-state index is 11.6. The molecule has 0 saturated carbocycles. The van der Waals surface area contributed by atoms with Gasteiger partial charge in [0.25, 0.3) is 0 Å². The second kappa shape index (κ2) is 9.75. The van der Waals surface area contributed by atoms with Crippen LogP contribution in [0.2, 0.25) is 0 Å². The predicted octanol–water partition coefficient (Wildman–Crippen LogP) is 6.60. The topological polar surface area (TPSA) is 41.6 Å². The Morgan fingerprint density at radius 1 is 0.867 bits per heavy atom. The van der Waals surface area contributed by atoms with Crippen molar-refractivity contribution in [1.29, 1.82) is 0 Å². The van der Waals surface area contributed by atoms with Crippen LogP contribution >= 0.6 is 0 Å². The minimum Gasteiger partial charge on any atom is -0.494 e. The zero-order chi connectivity index (χ0) is 20.8. The molecule has 0 spiro atoms. The Hall–Kier alpha value is -2.88. The van der Waals surface area contributed by atoms with Crippen LogP contribution in [0.4, 0.5) is 5.69 Å². The summed E-state index contributed by atoms with van der Waals surface area (Å²) in [5.41, 5.74) is 1.18. The van der Waals surface area contributed by atoms with E-state index in [1.807, 2.05) is 30.3 Å². The summed E-state index contributed by atoms with van der Waals surface area (Å²) in [6.07, 6.45) is 5.70. The molecule has 4 heteroatoms. The third-order valence-corrected chi connectivity index (χ3v) is 5.75. The SMILES string of the molecule is CCCCCOc1ccc(OC2CCN(c3ccc4ccc([O])cc4c3)CC2)cc1. The van der Waals surface area contributed by atoms with Gasteiger partial charge < -0.3 is 14.4 Å². The third-order valence-electron chi connectivity index (χ3n) is 5.75. The molecule has 1 saturated heterocycles. The van der Waals surface area contributed by atoms with Crippen LogP contribution in [0.1, 0.15) is 39.0 Å². The first kappa shape index (κ1) is 20.4. The van der Waals surface area contributed by atoms with Crippen molar-refractivity contribution in [2.75, 3.05) is 24.6 Å². The molecule has 30 heavy (non-hydrogen) atoms. The number of benzene rings is 3. The van der Waals surface area contributed by atoms with Crippen LogP contribution < -0.4 is 14.4 Å². The Bertz CT molecular complexity index is 946. The van der Waals surface area contributed by atoms with Crippen LogP contribution in [0.3, 0.4) is 0 Å². The van der Waals surface area contributed by atoms with E-state index < -0.39 is 0 Å². The van der Waals surface area contributed by atoms with Gasteiger partial charge in [-0.3, -0.25) is 5.11 Å². The smallest absolute Gasteiger partial charge is 0.179 e. The van der Waals surface area contributed by atoms with Gasteiger partial charge in [-0.2, -0.15) is 0 Å². The summed E-state index contributed by atoms with van der Waals surface area (Å²) >= 11 is 0. The number of anilines is 1. The Morgan fingerprint density at radius 3 is 2.37 bits per heavy atom. The van der Waals surface area contributed by atoms with Crippen molar-refractivity contribution in [3.05, 3.63) is 60.7 Å². The highest BCUT2D eigenvalue weighted by molar-refractivity contribution is 5.87. The molecule has 3 aromatic carbocycles. The van der Waals surface area contributed by atoms with E-state index in [-0.39, 0.29) is 11.9 Å². The van der Waals surface area contributed by atoms with Crippen molar-refractivity contribution in [2.24, 2.45) is 0 Å². The summed E-state index contributed by atoms with van der Waals surface area (Å²) in [5, 5.41) is 13.8. The van der Waals surface area contributed by atoms with Crippen LogP contribution in [-0.4, -0.2) is 25.8 Å². The molecule has 0 bridgehead atoms. The second-order valence-electron chi connectivity index (χ2n) is 8.02. The molecule has 1 radical (unpaired) electrons. The molecule has 1 aliphatic rings. The van der Waals surface area contributed by atoms with E-state index in [0.29, 0.717) is 0 Å². The Labute approximate surface area is 179 Å². The standard InChI is InChI=1S/C26H30NO3/c1-2-3-4-17-29-24-9-11-25(12-10-24)30-26-13-15-27(16-14-26)22-7-5-20-6-8-23(28)19-21(20)18-22/h5-12,18-19,26H,2-4,13-17H2,1H3. The van der Waals surface area contributed by atoms with Gasteiger partial charge in [0.15, 0.2) is 5.75 Å². The largest absolute Gasteiger partial charge is 0.494 e. The van der Waals surface area contributed by atoms with Gasteiger partial charge in [-0.1, -0.05) is 31.9 Å². The predicted molar refractivity (Wildman–Crippen MR) is 121 cm³/mol. The van der Waals surface area contributed by atoms with Crippen molar-refractivity contribution in [2.45, 2.75) is 45.1 Å². The molecular formula is C26H30NO3. The van der Waals surface area contributed by atoms with E-state index in [4.69, 9.17) is 9.47 Å². The van der Waals surface area contributed by atoms with Gasteiger partial charge in [0.2, 0.25) is 0 Å². The summed E-state index contributed by atoms with van der Waals surface area (Å²) in [6.45, 7) is 4.87. The van der Waals surface area contributed by atoms with E-state index in [1.165, 1.54) is 18.5 Å². The van der Waals surface area contributed by atoms with Crippen LogP contribution in [0, 0.1) is 0 Å². The van der Waals surface area contributed by atoms with Crippen molar-refractivity contribution in [3.63, 3.8) is 0 Å². The normalized spacial score (nSPS) is 14.8. The fraction of sp³-hybridized carbons (Fsp3) is 0.385. The number of unbranched alkanes of at least 4 members (excludes halogenated alkanes) is 2. The lowest BCUT2D eigenvalue weighted by Gasteiger charge is -2.34. The van der Waals surface area contributed by atoms with E-state index in [1.54, 1.807) is 12.1 Å². The van der Waals surface area contributed by atoms with Crippen molar-refractivity contribution in [3.8, 4) is 17.2 Å². The van der Waals surface area contributed by atoms with Crippen LogP contribution in [-0.2, 0) is 5.11 Å². The Morgan fingerprint density at radius 2 is 1.60 bits per heavy atom. The van der Waals surface area contributed by atoms with Gasteiger partial charge in [-0.25, -0.2) is 0 Å². The highest BCUT2D eigenvalue weighted by atomic mass is 16.5. The van der Waals surface area contributed by atoms with Crippen molar-refractivity contribution < 1.29 is 14.6 Å². The second-order valence-corrected chi connectivity index (χ2v) is 8.02. The quantitative estimate of drug-likeness (QED) is 0.397. The molecule has 0 aromatic heterocycles. The number of nitrogens with zero attached hydrogens (tertiary/aromatic N) is 1. The fourth-order valence-electron chi connectivity index (χ4n) is 3.99. The highest BCUT2D eigenvalue weighted by Gasteiger charge is 2.21. The monoisotopic (exact) mass is 404 g/mol. The third kappa shape index (κ3) is 5.18. The summed E-state index contributed by atoms with van der Waals surface area (Å²) in [6, 6.07) is 19.6. The number of hydrogen-bond donors (Lipinski definition) is 0. The molecule has 157 valence electrons. The average molecular weight is 405 g/mol. The molecule has 0 amide bonds. The zero-order valence-corrected chi connectivity index (χ0v) is 17.7. The van der Waals surface area contributed by atoms with Crippen molar-refractivity contribution >= 4 is 16.5 Å². The van der Waals surface area contributed by atoms with E-state index in [9.17, 15) is 5.11 Å². The lowest BCUT2D eigenvalue weighted by atomic mass is 10.0. The minimum atomic E-state index is 0.0594. The summed E-state index contributed by atoms with van der Waals surface area (Å²) in [7, 11) is 0. The zero-order valence-electron chi connectivity index (χ0n) is 17.7. The lowest BCUT2D eigenvalue weighted by Crippen LogP contribution is -2.38. The molecule has 0 unspecified atom stereocenters. The number of hydrogen-bond acceptors (Lipinski definition) is 3. The first-order chi connectivity index (χ1) is 14.7. The molecule has 1 aliphatic heterocycles. The van der Waals surface area contributed by atoms with E-state index in [2.05, 4.69) is 30.0 Å². The highest BCUT2D eigenvalue weighted by Crippen LogP contribution is 2.28. The van der Waals surface area contributed by atoms with Crippen molar-refractivity contribution in [1.82, 2.24) is 0 Å². The molecule has 3 aromatic rings. The summed E-state index contributed by atoms with van der Waals surface area (Å²) < 4.78 is 12.0. The van der Waals surface area contributed by atoms with Gasteiger partial charge in [0, 0.05) is 31.6 Å². The number of rotatable bonds is 8. The van der Waals surface area contributed by atoms with Crippen LogP contribution in [0.5, 0.6) is 17.2 Å². The Kier molecular flexibility index (Phi) is 6.63. The molecule has 0 aliphatic carbocycles. The first-order valence-corrected chi connectivity index (χ1v) is 11.1. The van der Waals surface area contributed by atoms with Crippen LogP contribution in [0.25, 0.3) is 10.8 Å². The lowest BCUT2D eigenvalue weighted by molar-refractivity contribution is 0.170. The Balaban J connectivity index is 1.28. The maximum Gasteiger partial charge on any atom is 0.179 e. The average Bonchev–Trinajstić information content (AvgIpc) is 2.78. The van der Waals surface area contributed by atoms with Gasteiger partial charge in [0.1, 0.15) is 17.6 Å². The van der Waals surface area contributed by atoms with Gasteiger partial charge in [0.05, 0.1) is 6.61 Å². The van der Waals surface area contributed by atoms with Gasteiger partial charge in [-0.15, -0.1) is 0 Å². The van der Waals surface area contributed by atoms with Gasteiger partial charge in [-0.05, 0) is 65.7 Å². The first-order valence-electron chi connectivity index (χ1n) is 11.1. The molecule has 0 N–H and O–H groups in total.